The first-order valence-corrected chi connectivity index (χ1v) is 43.9. The Morgan fingerprint density at radius 1 is 0.525 bits per heavy atom. The maximum atomic E-state index is 12.4. The zero-order valence-corrected chi connectivity index (χ0v) is 72.5. The number of anilines is 6. The van der Waals surface area contributed by atoms with Crippen molar-refractivity contribution in [3.63, 3.8) is 0 Å². The van der Waals surface area contributed by atoms with E-state index in [-0.39, 0.29) is 16.9 Å². The second-order valence-electron chi connectivity index (χ2n) is 34.2. The van der Waals surface area contributed by atoms with Gasteiger partial charge in [-0.1, -0.05) is 159 Å². The molecule has 12 aromatic rings. The van der Waals surface area contributed by atoms with E-state index in [1.165, 1.54) is 54.6 Å². The minimum absolute atomic E-state index is 0.0558. The number of nitrogen functional groups attached to an aromatic ring is 1. The normalized spacial score (nSPS) is 16.0. The number of hydrogen-bond acceptors (Lipinski definition) is 21. The van der Waals surface area contributed by atoms with Gasteiger partial charge in [0, 0.05) is 79.5 Å². The van der Waals surface area contributed by atoms with E-state index in [2.05, 4.69) is 150 Å². The quantitative estimate of drug-likeness (QED) is 0.0635. The standard InChI is InChI=1S/C46H51N9O3.C22H20N2.C21H28N8.C9H10BrN/c1-45(2,3)58-44(56)48-31-46(4)24-27-53(28-25-46)39-29-47-41-42(51-39)55(30-32-18-20-35(57-5)21-19-32)52-43(41)54-26-12-17-36-37(54)22-23-38(49-36)50-40(33-13-8-6-9-14-33)34-15-10-7-11-16-34;1-3-10-18(11-4-1)22(19-12-5-2-6-13-19)24-21-16-15-17-9-7-8-14-20(17)23-21;1-21(13-22)6-9-28(10-7-21)18-12-24-19-15(27-18)11-25-20(19)29-8-2-3-14-16(29)4-5-17(23)26-14;10-9-6-5-7-3-1-2-4-8(7)11-9/h6-11,13-16,18-23,29H,12,17,24-28,30-31H2,1-5H3,(H,48,56);1-6,10-13,15-16H,7-9,14H2;4-5,12H,2-3,6-11,13,22H2,1H3,(H2,23,26);5-6H,1-4H2. The predicted octanol–water partition coefficient (Wildman–Crippen LogP) is 18.2. The average Bonchev–Trinajstić information content (AvgIpc) is 1.62. The lowest BCUT2D eigenvalue weighted by atomic mass is 9.80. The number of aromatic nitrogens is 10. The molecule has 7 aliphatic rings. The third-order valence-corrected chi connectivity index (χ3v) is 24.4. The van der Waals surface area contributed by atoms with Crippen molar-refractivity contribution in [2.45, 2.75) is 156 Å². The molecule has 0 bridgehead atoms. The summed E-state index contributed by atoms with van der Waals surface area (Å²) in [6.07, 6.45) is 20.8. The Labute approximate surface area is 723 Å². The van der Waals surface area contributed by atoms with Crippen LogP contribution in [0.1, 0.15) is 172 Å². The van der Waals surface area contributed by atoms with Crippen LogP contribution in [0.3, 0.4) is 0 Å². The van der Waals surface area contributed by atoms with Crippen molar-refractivity contribution in [2.24, 2.45) is 31.5 Å². The van der Waals surface area contributed by atoms with Crippen molar-refractivity contribution in [2.75, 3.05) is 84.8 Å². The number of halogens is 1. The molecule has 122 heavy (non-hydrogen) atoms. The van der Waals surface area contributed by atoms with Crippen LogP contribution in [-0.2, 0) is 56.4 Å². The smallest absolute Gasteiger partial charge is 0.407 e. The molecule has 0 saturated carbocycles. The number of carbonyl (C=O) groups is 1. The Bertz CT molecular complexity index is 5650. The fourth-order valence-corrected chi connectivity index (χ4v) is 17.2. The number of alkyl carbamates (subject to hydrolysis) is 1. The topological polar surface area (TPSA) is 271 Å². The van der Waals surface area contributed by atoms with Crippen LogP contribution in [0.2, 0.25) is 0 Å². The first-order valence-electron chi connectivity index (χ1n) is 43.1. The molecule has 19 rings (SSSR count). The van der Waals surface area contributed by atoms with Gasteiger partial charge in [-0.3, -0.25) is 4.99 Å². The molecule has 5 aromatic carbocycles. The van der Waals surface area contributed by atoms with E-state index in [1.807, 2.05) is 147 Å². The molecule has 7 aromatic heterocycles. The van der Waals surface area contributed by atoms with Crippen molar-refractivity contribution in [1.82, 2.24) is 55.0 Å². The molecular formula is C98H109BrN20O3. The van der Waals surface area contributed by atoms with Gasteiger partial charge in [-0.05, 0) is 222 Å². The van der Waals surface area contributed by atoms with Gasteiger partial charge < -0.3 is 45.9 Å². The van der Waals surface area contributed by atoms with Crippen molar-refractivity contribution in [3.05, 3.63) is 284 Å². The zero-order valence-electron chi connectivity index (χ0n) is 70.9. The van der Waals surface area contributed by atoms with E-state index in [4.69, 9.17) is 70.9 Å². The van der Waals surface area contributed by atoms with Gasteiger partial charge in [0.2, 0.25) is 0 Å². The van der Waals surface area contributed by atoms with Crippen molar-refractivity contribution in [3.8, 4) is 5.75 Å². The number of nitrogens with two attached hydrogens (primary N) is 2. The van der Waals surface area contributed by atoms with Crippen LogP contribution in [0.5, 0.6) is 5.75 Å². The van der Waals surface area contributed by atoms with Gasteiger partial charge in [0.25, 0.3) is 0 Å². The fourth-order valence-electron chi connectivity index (χ4n) is 16.9. The van der Waals surface area contributed by atoms with Crippen LogP contribution in [0.4, 0.5) is 51.1 Å². The van der Waals surface area contributed by atoms with Gasteiger partial charge in [-0.2, -0.15) is 5.10 Å². The van der Waals surface area contributed by atoms with Crippen molar-refractivity contribution >= 4 is 96.7 Å². The Kier molecular flexibility index (Phi) is 25.9. The third kappa shape index (κ3) is 20.2. The number of benzene rings is 5. The lowest BCUT2D eigenvalue weighted by Gasteiger charge is -2.40. The maximum Gasteiger partial charge on any atom is 0.407 e. The lowest BCUT2D eigenvalue weighted by Crippen LogP contribution is -2.46. The first kappa shape index (κ1) is 83.5. The highest BCUT2D eigenvalue weighted by Crippen LogP contribution is 2.40. The fraction of sp³-hybridized carbons (Fsp3) is 0.357. The summed E-state index contributed by atoms with van der Waals surface area (Å²) in [6.45, 7) is 17.7. The molecule has 2 saturated heterocycles. The molecular weight excluding hydrogens is 1590 g/mol. The number of nitrogens with zero attached hydrogens (tertiary/aromatic N) is 17. The minimum atomic E-state index is -0.534. The number of nitrogens with one attached hydrogen (secondary N) is 1. The minimum Gasteiger partial charge on any atom is -0.497 e. The number of rotatable bonds is 15. The number of aryl methyl sites for hydroxylation is 6. The van der Waals surface area contributed by atoms with Crippen LogP contribution < -0.4 is 41.1 Å². The second kappa shape index (κ2) is 37.9. The SMILES string of the molecule is Brc1ccc2c(n1)CCCC2.CC1(CN)CCN(c2cnc3c(n2)CN=C3N2CCCc3nc(N)ccc32)CC1.COc1ccc(Cn2nc(N3CCCc4nc(N=C(c5ccccc5)c5ccccc5)ccc43)c3ncc(N4CCC(C)(CNC(=O)OC(C)(C)C)CC4)nc32)cc1.c1ccc(C(=Nc2ccc3c(n2)CCCC3)c2ccccc2)cc1. The third-order valence-electron chi connectivity index (χ3n) is 24.0. The van der Waals surface area contributed by atoms with Gasteiger partial charge in [0.15, 0.2) is 34.5 Å². The van der Waals surface area contributed by atoms with E-state index >= 15 is 0 Å². The molecule has 2 aliphatic carbocycles. The first-order chi connectivity index (χ1) is 59.4. The Hall–Kier alpha value is -12.2. The number of hydrogen-bond donors (Lipinski definition) is 3. The number of carbonyl (C=O) groups excluding carboxylic acids is 1. The number of fused-ring (bicyclic) bond motifs is 6. The summed E-state index contributed by atoms with van der Waals surface area (Å²) in [5.74, 6) is 6.27. The summed E-state index contributed by atoms with van der Waals surface area (Å²) in [5.41, 5.74) is 31.5. The number of pyridine rings is 4. The number of aliphatic imine (C=N–C) groups is 3. The summed E-state index contributed by atoms with van der Waals surface area (Å²) in [4.78, 5) is 75.2. The number of amides is 1. The molecule has 1 amide bonds. The highest BCUT2D eigenvalue weighted by Gasteiger charge is 2.36. The summed E-state index contributed by atoms with van der Waals surface area (Å²) in [7, 11) is 1.67. The Morgan fingerprint density at radius 2 is 1.02 bits per heavy atom. The van der Waals surface area contributed by atoms with Crippen LogP contribution >= 0.6 is 15.9 Å². The van der Waals surface area contributed by atoms with Crippen LogP contribution in [-0.4, -0.2) is 138 Å². The van der Waals surface area contributed by atoms with Gasteiger partial charge in [-0.25, -0.2) is 59.3 Å². The summed E-state index contributed by atoms with van der Waals surface area (Å²) in [5, 5.41) is 8.22. The van der Waals surface area contributed by atoms with Crippen LogP contribution in [0, 0.1) is 10.8 Å². The van der Waals surface area contributed by atoms with E-state index in [0.29, 0.717) is 31.3 Å². The van der Waals surface area contributed by atoms with Gasteiger partial charge in [0.05, 0.1) is 72.5 Å². The highest BCUT2D eigenvalue weighted by molar-refractivity contribution is 9.10. The molecule has 0 spiro atoms. The van der Waals surface area contributed by atoms with Gasteiger partial charge in [-0.15, -0.1) is 0 Å². The number of methoxy groups -OCH3 is 1. The van der Waals surface area contributed by atoms with Crippen LogP contribution in [0.15, 0.2) is 226 Å². The van der Waals surface area contributed by atoms with Crippen molar-refractivity contribution in [1.29, 1.82) is 0 Å². The molecule has 12 heterocycles. The second-order valence-corrected chi connectivity index (χ2v) is 35.0. The molecule has 23 nitrogen and oxygen atoms in total. The molecule has 0 unspecified atom stereocenters. The van der Waals surface area contributed by atoms with Crippen molar-refractivity contribution < 1.29 is 14.3 Å². The van der Waals surface area contributed by atoms with E-state index in [1.54, 1.807) is 7.11 Å². The van der Waals surface area contributed by atoms with Gasteiger partial charge in [0.1, 0.15) is 39.1 Å². The van der Waals surface area contributed by atoms with Gasteiger partial charge >= 0.3 is 6.09 Å². The molecule has 0 atom stereocenters. The predicted molar refractivity (Wildman–Crippen MR) is 492 cm³/mol. The summed E-state index contributed by atoms with van der Waals surface area (Å²) < 4.78 is 13.8. The largest absolute Gasteiger partial charge is 0.497 e. The summed E-state index contributed by atoms with van der Waals surface area (Å²) >= 11 is 3.38. The van der Waals surface area contributed by atoms with E-state index < -0.39 is 5.60 Å². The molecule has 24 heteroatoms. The Morgan fingerprint density at radius 3 is 1.61 bits per heavy atom. The molecule has 5 aliphatic heterocycles. The number of piperidine rings is 2. The van der Waals surface area contributed by atoms with E-state index in [9.17, 15) is 4.79 Å². The Balaban J connectivity index is 0.000000141. The lowest BCUT2D eigenvalue weighted by molar-refractivity contribution is 0.0495. The number of amidine groups is 1. The average molecular weight is 1690 g/mol. The monoisotopic (exact) mass is 1690 g/mol. The number of ether oxygens (including phenoxy) is 2. The maximum absolute atomic E-state index is 12.4. The molecule has 5 N–H and O–H groups in total. The zero-order chi connectivity index (χ0) is 84.2. The molecule has 0 radical (unpaired) electrons. The molecule has 626 valence electrons. The summed E-state index contributed by atoms with van der Waals surface area (Å²) in [6, 6.07) is 65.7. The highest BCUT2D eigenvalue weighted by atomic mass is 79.9. The van der Waals surface area contributed by atoms with Crippen LogP contribution in [0.25, 0.3) is 11.2 Å². The molecule has 2 fully saturated rings. The van der Waals surface area contributed by atoms with E-state index in [0.717, 1.165) is 240 Å².